The molecule has 1 heterocycles. The molecule has 0 spiro atoms. The first-order valence-electron chi connectivity index (χ1n) is 4.37. The van der Waals surface area contributed by atoms with Gasteiger partial charge in [-0.1, -0.05) is 0 Å². The van der Waals surface area contributed by atoms with E-state index in [1.54, 1.807) is 18.5 Å². The molecule has 1 aromatic heterocycles. The fourth-order valence-corrected chi connectivity index (χ4v) is 1.29. The zero-order valence-corrected chi connectivity index (χ0v) is 8.19. The fraction of sp³-hybridized carbons (Fsp3) is 0.750. The number of hydrogen-bond acceptors (Lipinski definition) is 3. The van der Waals surface area contributed by atoms with Crippen LogP contribution in [0, 0.1) is 0 Å². The second-order valence-corrected chi connectivity index (χ2v) is 3.12. The number of aliphatic hydroxyl groups is 1. The predicted octanol–water partition coefficient (Wildman–Crippen LogP) is -0.475. The monoisotopic (exact) mass is 185 g/mol. The first-order valence-corrected chi connectivity index (χ1v) is 4.37. The Morgan fingerprint density at radius 2 is 2.23 bits per heavy atom. The summed E-state index contributed by atoms with van der Waals surface area (Å²) in [5.41, 5.74) is -0.127. The van der Waals surface area contributed by atoms with Gasteiger partial charge < -0.3 is 5.11 Å². The lowest BCUT2D eigenvalue weighted by molar-refractivity contribution is 0.191. The SMILES string of the molecule is CCn1c(CC(C)O)nn(C)c1=O. The maximum absolute atomic E-state index is 11.4. The van der Waals surface area contributed by atoms with Crippen molar-refractivity contribution in [3.05, 3.63) is 16.3 Å². The smallest absolute Gasteiger partial charge is 0.345 e. The summed E-state index contributed by atoms with van der Waals surface area (Å²) in [6.45, 7) is 4.16. The number of aromatic nitrogens is 3. The Hall–Kier alpha value is -1.10. The van der Waals surface area contributed by atoms with Crippen LogP contribution in [0.15, 0.2) is 4.79 Å². The topological polar surface area (TPSA) is 60.0 Å². The molecule has 0 bridgehead atoms. The van der Waals surface area contributed by atoms with Gasteiger partial charge in [0.05, 0.1) is 6.10 Å². The normalized spacial score (nSPS) is 13.2. The van der Waals surface area contributed by atoms with E-state index >= 15 is 0 Å². The third-order valence-corrected chi connectivity index (χ3v) is 1.88. The summed E-state index contributed by atoms with van der Waals surface area (Å²) < 4.78 is 2.86. The fourth-order valence-electron chi connectivity index (χ4n) is 1.29. The summed E-state index contributed by atoms with van der Waals surface area (Å²) in [6, 6.07) is 0. The van der Waals surface area contributed by atoms with E-state index in [0.717, 1.165) is 0 Å². The molecule has 0 saturated carbocycles. The second-order valence-electron chi connectivity index (χ2n) is 3.12. The van der Waals surface area contributed by atoms with Gasteiger partial charge >= 0.3 is 5.69 Å². The van der Waals surface area contributed by atoms with E-state index in [-0.39, 0.29) is 5.69 Å². The molecule has 0 saturated heterocycles. The number of rotatable bonds is 3. The highest BCUT2D eigenvalue weighted by Gasteiger charge is 2.10. The van der Waals surface area contributed by atoms with Crippen LogP contribution < -0.4 is 5.69 Å². The Labute approximate surface area is 76.6 Å². The third kappa shape index (κ3) is 1.98. The van der Waals surface area contributed by atoms with E-state index in [0.29, 0.717) is 18.8 Å². The van der Waals surface area contributed by atoms with Crippen LogP contribution in [0.1, 0.15) is 19.7 Å². The molecule has 0 fully saturated rings. The van der Waals surface area contributed by atoms with Gasteiger partial charge in [0.1, 0.15) is 5.82 Å². The number of hydrogen-bond donors (Lipinski definition) is 1. The van der Waals surface area contributed by atoms with Crippen LogP contribution in [0.25, 0.3) is 0 Å². The molecule has 1 rings (SSSR count). The largest absolute Gasteiger partial charge is 0.393 e. The van der Waals surface area contributed by atoms with Crippen LogP contribution in [-0.4, -0.2) is 25.6 Å². The van der Waals surface area contributed by atoms with Gasteiger partial charge in [-0.15, -0.1) is 0 Å². The summed E-state index contributed by atoms with van der Waals surface area (Å²) in [6.07, 6.45) is -0.0451. The van der Waals surface area contributed by atoms with Crippen molar-refractivity contribution in [2.75, 3.05) is 0 Å². The first-order chi connectivity index (χ1) is 6.06. The van der Waals surface area contributed by atoms with Crippen molar-refractivity contribution in [1.29, 1.82) is 0 Å². The number of nitrogens with zero attached hydrogens (tertiary/aromatic N) is 3. The molecule has 0 radical (unpaired) electrons. The van der Waals surface area contributed by atoms with Gasteiger partial charge in [-0.3, -0.25) is 4.57 Å². The van der Waals surface area contributed by atoms with E-state index in [9.17, 15) is 4.79 Å². The summed E-state index contributed by atoms with van der Waals surface area (Å²) in [7, 11) is 1.61. The molecule has 5 nitrogen and oxygen atoms in total. The minimum Gasteiger partial charge on any atom is -0.393 e. The zero-order valence-electron chi connectivity index (χ0n) is 8.19. The minimum absolute atomic E-state index is 0.127. The summed E-state index contributed by atoms with van der Waals surface area (Å²) in [4.78, 5) is 11.4. The van der Waals surface area contributed by atoms with Crippen molar-refractivity contribution < 1.29 is 5.11 Å². The molecule has 1 unspecified atom stereocenters. The van der Waals surface area contributed by atoms with Crippen molar-refractivity contribution in [3.63, 3.8) is 0 Å². The van der Waals surface area contributed by atoms with E-state index in [1.807, 2.05) is 6.92 Å². The molecule has 1 N–H and O–H groups in total. The molecule has 0 aromatic carbocycles. The minimum atomic E-state index is -0.466. The van der Waals surface area contributed by atoms with Gasteiger partial charge in [0.15, 0.2) is 0 Å². The highest BCUT2D eigenvalue weighted by atomic mass is 16.3. The van der Waals surface area contributed by atoms with E-state index in [2.05, 4.69) is 5.10 Å². The molecule has 0 aliphatic carbocycles. The molecule has 5 heteroatoms. The molecule has 0 aliphatic heterocycles. The van der Waals surface area contributed by atoms with Crippen molar-refractivity contribution in [2.24, 2.45) is 7.05 Å². The Balaban J connectivity index is 3.07. The highest BCUT2D eigenvalue weighted by Crippen LogP contribution is 1.97. The molecule has 1 aromatic rings. The third-order valence-electron chi connectivity index (χ3n) is 1.88. The lowest BCUT2D eigenvalue weighted by atomic mass is 10.3. The van der Waals surface area contributed by atoms with Crippen molar-refractivity contribution >= 4 is 0 Å². The lowest BCUT2D eigenvalue weighted by Gasteiger charge is -2.03. The van der Waals surface area contributed by atoms with E-state index in [4.69, 9.17) is 5.11 Å². The van der Waals surface area contributed by atoms with Gasteiger partial charge in [0.2, 0.25) is 0 Å². The number of aryl methyl sites for hydroxylation is 1. The molecule has 74 valence electrons. The van der Waals surface area contributed by atoms with Crippen molar-refractivity contribution in [3.8, 4) is 0 Å². The Kier molecular flexibility index (Phi) is 2.87. The second kappa shape index (κ2) is 3.74. The average molecular weight is 185 g/mol. The number of aliphatic hydroxyl groups excluding tert-OH is 1. The van der Waals surface area contributed by atoms with Crippen LogP contribution in [0.2, 0.25) is 0 Å². The molecular formula is C8H15N3O2. The molecule has 1 atom stereocenters. The van der Waals surface area contributed by atoms with E-state index < -0.39 is 6.10 Å². The Morgan fingerprint density at radius 1 is 1.62 bits per heavy atom. The standard InChI is InChI=1S/C8H15N3O2/c1-4-11-7(5-6(2)12)9-10(3)8(11)13/h6,12H,4-5H2,1-3H3. The summed E-state index contributed by atoms with van der Waals surface area (Å²) in [5, 5.41) is 13.2. The predicted molar refractivity (Wildman–Crippen MR) is 48.5 cm³/mol. The van der Waals surface area contributed by atoms with Crippen molar-refractivity contribution in [1.82, 2.24) is 14.3 Å². The highest BCUT2D eigenvalue weighted by molar-refractivity contribution is 4.89. The van der Waals surface area contributed by atoms with Crippen LogP contribution in [0.3, 0.4) is 0 Å². The van der Waals surface area contributed by atoms with Gasteiger partial charge in [0.25, 0.3) is 0 Å². The molecular weight excluding hydrogens is 170 g/mol. The van der Waals surface area contributed by atoms with Gasteiger partial charge in [-0.2, -0.15) is 5.10 Å². The maximum atomic E-state index is 11.4. The maximum Gasteiger partial charge on any atom is 0.345 e. The Bertz CT molecular complexity index is 338. The summed E-state index contributed by atoms with van der Waals surface area (Å²) in [5.74, 6) is 0.644. The summed E-state index contributed by atoms with van der Waals surface area (Å²) >= 11 is 0. The van der Waals surface area contributed by atoms with E-state index in [1.165, 1.54) is 4.68 Å². The zero-order chi connectivity index (χ0) is 10.0. The van der Waals surface area contributed by atoms with Crippen molar-refractivity contribution in [2.45, 2.75) is 32.9 Å². The molecule has 13 heavy (non-hydrogen) atoms. The lowest BCUT2D eigenvalue weighted by Crippen LogP contribution is -2.23. The Morgan fingerprint density at radius 3 is 2.69 bits per heavy atom. The van der Waals surface area contributed by atoms with Crippen LogP contribution in [0.4, 0.5) is 0 Å². The van der Waals surface area contributed by atoms with Crippen LogP contribution in [0.5, 0.6) is 0 Å². The van der Waals surface area contributed by atoms with Gasteiger partial charge in [-0.05, 0) is 13.8 Å². The molecule has 0 aliphatic rings. The quantitative estimate of drug-likeness (QED) is 0.692. The van der Waals surface area contributed by atoms with Crippen LogP contribution >= 0.6 is 0 Å². The van der Waals surface area contributed by atoms with Gasteiger partial charge in [-0.25, -0.2) is 9.48 Å². The molecule has 0 amide bonds. The van der Waals surface area contributed by atoms with Crippen LogP contribution in [-0.2, 0) is 20.0 Å². The average Bonchev–Trinajstić information content (AvgIpc) is 2.27. The van der Waals surface area contributed by atoms with Gasteiger partial charge in [0, 0.05) is 20.0 Å². The first kappa shape index (κ1) is 9.98.